The number of carbonyl (C=O) groups excluding carboxylic acids is 2. The predicted octanol–water partition coefficient (Wildman–Crippen LogP) is 4.09. The average molecular weight is 390 g/mol. The molecule has 5 nitrogen and oxygen atoms in total. The Balaban J connectivity index is 1.87. The molecule has 28 heavy (non-hydrogen) atoms. The molecule has 2 N–H and O–H groups in total. The summed E-state index contributed by atoms with van der Waals surface area (Å²) in [5.41, 5.74) is 4.44. The highest BCUT2D eigenvalue weighted by molar-refractivity contribution is 7.80. The van der Waals surface area contributed by atoms with E-state index in [1.807, 2.05) is 6.07 Å². The number of phenolic OH excluding ortho intramolecular Hbond substituents is 1. The molecule has 3 aromatic carbocycles. The second-order valence-corrected chi connectivity index (χ2v) is 6.51. The van der Waals surface area contributed by atoms with Gasteiger partial charge in [-0.15, -0.1) is 12.6 Å². The van der Waals surface area contributed by atoms with Crippen LogP contribution in [-0.4, -0.2) is 22.5 Å². The van der Waals surface area contributed by atoms with Crippen molar-refractivity contribution in [2.24, 2.45) is 5.10 Å². The van der Waals surface area contributed by atoms with E-state index in [4.69, 9.17) is 0 Å². The Bertz CT molecular complexity index is 1020. The molecule has 0 aliphatic heterocycles. The van der Waals surface area contributed by atoms with E-state index in [2.05, 4.69) is 23.2 Å². The lowest BCUT2D eigenvalue weighted by atomic mass is 10.0. The van der Waals surface area contributed by atoms with Crippen LogP contribution in [0.3, 0.4) is 0 Å². The summed E-state index contributed by atoms with van der Waals surface area (Å²) in [5.74, 6) is -0.450. The maximum atomic E-state index is 12.7. The summed E-state index contributed by atoms with van der Waals surface area (Å²) < 4.78 is 0. The molecule has 0 atom stereocenters. The average Bonchev–Trinajstić information content (AvgIpc) is 2.72. The third-order valence-electron chi connectivity index (χ3n) is 4.06. The highest BCUT2D eigenvalue weighted by atomic mass is 32.1. The van der Waals surface area contributed by atoms with Crippen LogP contribution in [0.1, 0.15) is 32.7 Å². The van der Waals surface area contributed by atoms with E-state index in [-0.39, 0.29) is 23.9 Å². The SMILES string of the molecule is O=C(N/N=C(\CC(=O)c1ccccc1S)c1ccc(O)cc1)c1ccccc1. The van der Waals surface area contributed by atoms with Crippen LogP contribution in [-0.2, 0) is 0 Å². The van der Waals surface area contributed by atoms with Crippen molar-refractivity contribution in [1.82, 2.24) is 5.43 Å². The first-order valence-electron chi connectivity index (χ1n) is 8.57. The zero-order valence-electron chi connectivity index (χ0n) is 14.9. The summed E-state index contributed by atoms with van der Waals surface area (Å²) in [4.78, 5) is 25.6. The van der Waals surface area contributed by atoms with Gasteiger partial charge in [-0.05, 0) is 48.0 Å². The molecule has 3 aromatic rings. The number of hydrogen-bond acceptors (Lipinski definition) is 5. The van der Waals surface area contributed by atoms with Crippen molar-refractivity contribution in [2.75, 3.05) is 0 Å². The van der Waals surface area contributed by atoms with E-state index in [0.29, 0.717) is 27.3 Å². The largest absolute Gasteiger partial charge is 0.508 e. The lowest BCUT2D eigenvalue weighted by Gasteiger charge is -2.09. The Morgan fingerprint density at radius 3 is 2.18 bits per heavy atom. The number of Topliss-reactive ketones (excluding diaryl/α,β-unsaturated/α-hetero) is 1. The summed E-state index contributed by atoms with van der Waals surface area (Å²) in [5, 5.41) is 13.7. The summed E-state index contributed by atoms with van der Waals surface area (Å²) >= 11 is 4.33. The summed E-state index contributed by atoms with van der Waals surface area (Å²) in [6, 6.07) is 22.0. The standard InChI is InChI=1S/C22H18N2O3S/c25-17-12-10-15(11-13-17)19(14-20(26)18-8-4-5-9-21(18)28)23-24-22(27)16-6-2-1-3-7-16/h1-13,25,28H,14H2,(H,24,27)/b23-19+. The first kappa shape index (κ1) is 19.4. The van der Waals surface area contributed by atoms with Crippen molar-refractivity contribution in [2.45, 2.75) is 11.3 Å². The number of rotatable bonds is 6. The molecule has 0 radical (unpaired) electrons. The van der Waals surface area contributed by atoms with Gasteiger partial charge in [0, 0.05) is 16.0 Å². The van der Waals surface area contributed by atoms with Crippen LogP contribution in [0, 0.1) is 0 Å². The normalized spacial score (nSPS) is 11.1. The van der Waals surface area contributed by atoms with Gasteiger partial charge in [0.05, 0.1) is 12.1 Å². The van der Waals surface area contributed by atoms with Gasteiger partial charge in [-0.25, -0.2) is 5.43 Å². The highest BCUT2D eigenvalue weighted by Crippen LogP contribution is 2.18. The highest BCUT2D eigenvalue weighted by Gasteiger charge is 2.15. The first-order valence-corrected chi connectivity index (χ1v) is 9.02. The molecule has 140 valence electrons. The van der Waals surface area contributed by atoms with Crippen LogP contribution in [0.15, 0.2) is 88.9 Å². The molecule has 0 fully saturated rings. The van der Waals surface area contributed by atoms with E-state index in [1.54, 1.807) is 60.7 Å². The molecule has 0 aromatic heterocycles. The van der Waals surface area contributed by atoms with Crippen molar-refractivity contribution in [3.8, 4) is 5.75 Å². The number of benzene rings is 3. The first-order chi connectivity index (χ1) is 13.5. The number of ketones is 1. The fraction of sp³-hybridized carbons (Fsp3) is 0.0455. The van der Waals surface area contributed by atoms with Crippen LogP contribution < -0.4 is 5.43 Å². The van der Waals surface area contributed by atoms with Gasteiger partial charge in [-0.2, -0.15) is 5.10 Å². The zero-order chi connectivity index (χ0) is 19.9. The van der Waals surface area contributed by atoms with Gasteiger partial charge >= 0.3 is 0 Å². The zero-order valence-corrected chi connectivity index (χ0v) is 15.8. The van der Waals surface area contributed by atoms with Gasteiger partial charge in [0.25, 0.3) is 5.91 Å². The summed E-state index contributed by atoms with van der Waals surface area (Å²) in [6.07, 6.45) is -0.0303. The third-order valence-corrected chi connectivity index (χ3v) is 4.45. The van der Waals surface area contributed by atoms with Crippen molar-refractivity contribution in [3.63, 3.8) is 0 Å². The fourth-order valence-electron chi connectivity index (χ4n) is 2.59. The number of aromatic hydroxyl groups is 1. The van der Waals surface area contributed by atoms with Gasteiger partial charge in [0.2, 0.25) is 0 Å². The molecular formula is C22H18N2O3S. The van der Waals surface area contributed by atoms with E-state index < -0.39 is 0 Å². The second-order valence-electron chi connectivity index (χ2n) is 6.03. The molecule has 6 heteroatoms. The Hall–Kier alpha value is -3.38. The van der Waals surface area contributed by atoms with E-state index in [1.165, 1.54) is 12.1 Å². The quantitative estimate of drug-likeness (QED) is 0.257. The number of phenols is 1. The fourth-order valence-corrected chi connectivity index (χ4v) is 2.87. The lowest BCUT2D eigenvalue weighted by molar-refractivity contribution is 0.0950. The smallest absolute Gasteiger partial charge is 0.271 e. The molecule has 0 spiro atoms. The number of nitrogens with zero attached hydrogens (tertiary/aromatic N) is 1. The van der Waals surface area contributed by atoms with Crippen LogP contribution in [0.25, 0.3) is 0 Å². The van der Waals surface area contributed by atoms with Crippen molar-refractivity contribution in [1.29, 1.82) is 0 Å². The number of carbonyl (C=O) groups is 2. The topological polar surface area (TPSA) is 78.8 Å². The van der Waals surface area contributed by atoms with Crippen LogP contribution in [0.2, 0.25) is 0 Å². The number of amides is 1. The van der Waals surface area contributed by atoms with Gasteiger partial charge < -0.3 is 5.11 Å². The maximum Gasteiger partial charge on any atom is 0.271 e. The van der Waals surface area contributed by atoms with Gasteiger partial charge in [0.1, 0.15) is 5.75 Å². The molecule has 0 saturated carbocycles. The van der Waals surface area contributed by atoms with Gasteiger partial charge in [-0.1, -0.05) is 36.4 Å². The molecule has 1 amide bonds. The number of thiol groups is 1. The van der Waals surface area contributed by atoms with Crippen molar-refractivity contribution in [3.05, 3.63) is 95.6 Å². The number of nitrogens with one attached hydrogen (secondary N) is 1. The Kier molecular flexibility index (Phi) is 6.24. The number of hydrogen-bond donors (Lipinski definition) is 3. The third kappa shape index (κ3) is 4.86. The van der Waals surface area contributed by atoms with Crippen LogP contribution >= 0.6 is 12.6 Å². The minimum Gasteiger partial charge on any atom is -0.508 e. The second kappa shape index (κ2) is 9.01. The molecule has 0 saturated heterocycles. The van der Waals surface area contributed by atoms with E-state index >= 15 is 0 Å². The minimum atomic E-state index is -0.376. The van der Waals surface area contributed by atoms with Crippen molar-refractivity contribution >= 4 is 30.0 Å². The molecular weight excluding hydrogens is 372 g/mol. The number of hydrazone groups is 1. The van der Waals surface area contributed by atoms with Gasteiger partial charge in [-0.3, -0.25) is 9.59 Å². The predicted molar refractivity (Wildman–Crippen MR) is 111 cm³/mol. The molecule has 3 rings (SSSR count). The van der Waals surface area contributed by atoms with Crippen molar-refractivity contribution < 1.29 is 14.7 Å². The molecule has 0 unspecified atom stereocenters. The monoisotopic (exact) mass is 390 g/mol. The Morgan fingerprint density at radius 2 is 1.50 bits per heavy atom. The van der Waals surface area contributed by atoms with Gasteiger partial charge in [0.15, 0.2) is 5.78 Å². The molecule has 0 bridgehead atoms. The molecule has 0 aliphatic rings. The van der Waals surface area contributed by atoms with Crippen LogP contribution in [0.5, 0.6) is 5.75 Å². The summed E-state index contributed by atoms with van der Waals surface area (Å²) in [6.45, 7) is 0. The Morgan fingerprint density at radius 1 is 0.857 bits per heavy atom. The minimum absolute atomic E-state index is 0.0303. The molecule has 0 heterocycles. The van der Waals surface area contributed by atoms with Crippen LogP contribution in [0.4, 0.5) is 0 Å². The Labute approximate surface area is 168 Å². The van der Waals surface area contributed by atoms with E-state index in [0.717, 1.165) is 0 Å². The lowest BCUT2D eigenvalue weighted by Crippen LogP contribution is -2.21. The maximum absolute atomic E-state index is 12.7. The van der Waals surface area contributed by atoms with E-state index in [9.17, 15) is 14.7 Å². The molecule has 0 aliphatic carbocycles. The summed E-state index contributed by atoms with van der Waals surface area (Å²) in [7, 11) is 0.